The first-order valence-corrected chi connectivity index (χ1v) is 8.11. The van der Waals surface area contributed by atoms with E-state index in [1.165, 1.54) is 12.1 Å². The number of halogens is 3. The molecule has 1 heterocycles. The third-order valence-corrected chi connectivity index (χ3v) is 4.01. The van der Waals surface area contributed by atoms with E-state index in [4.69, 9.17) is 9.26 Å². The Morgan fingerprint density at radius 1 is 0.926 bits per heavy atom. The Labute approximate surface area is 152 Å². The predicted molar refractivity (Wildman–Crippen MR) is 93.0 cm³/mol. The lowest BCUT2D eigenvalue weighted by molar-refractivity contribution is -0.137. The largest absolute Gasteiger partial charge is 0.485 e. The lowest BCUT2D eigenvalue weighted by atomic mass is 10.1. The molecule has 27 heavy (non-hydrogen) atoms. The average Bonchev–Trinajstić information content (AvgIpc) is 3.15. The van der Waals surface area contributed by atoms with Crippen molar-refractivity contribution in [3.05, 3.63) is 78.1 Å². The second-order valence-corrected chi connectivity index (χ2v) is 5.86. The molecule has 0 spiro atoms. The van der Waals surface area contributed by atoms with Crippen molar-refractivity contribution in [1.82, 2.24) is 10.1 Å². The number of aromatic nitrogens is 2. The van der Waals surface area contributed by atoms with Crippen LogP contribution in [0.3, 0.4) is 0 Å². The molecule has 4 nitrogen and oxygen atoms in total. The Morgan fingerprint density at radius 3 is 2.56 bits per heavy atom. The molecule has 0 bridgehead atoms. The quantitative estimate of drug-likeness (QED) is 0.477. The van der Waals surface area contributed by atoms with Gasteiger partial charge in [-0.3, -0.25) is 0 Å². The number of rotatable bonds is 4. The van der Waals surface area contributed by atoms with Gasteiger partial charge in [0.25, 0.3) is 5.89 Å². The van der Waals surface area contributed by atoms with Crippen LogP contribution in [0.5, 0.6) is 5.75 Å². The van der Waals surface area contributed by atoms with E-state index in [0.29, 0.717) is 5.75 Å². The molecular weight excluding hydrogens is 357 g/mol. The van der Waals surface area contributed by atoms with Crippen LogP contribution in [-0.2, 0) is 12.8 Å². The molecule has 4 aromatic rings. The van der Waals surface area contributed by atoms with Crippen LogP contribution < -0.4 is 4.74 Å². The van der Waals surface area contributed by atoms with Gasteiger partial charge in [0, 0.05) is 10.9 Å². The fourth-order valence-electron chi connectivity index (χ4n) is 2.72. The van der Waals surface area contributed by atoms with E-state index in [-0.39, 0.29) is 23.9 Å². The van der Waals surface area contributed by atoms with Crippen molar-refractivity contribution in [2.24, 2.45) is 0 Å². The minimum Gasteiger partial charge on any atom is -0.485 e. The zero-order valence-corrected chi connectivity index (χ0v) is 13.9. The number of alkyl halides is 3. The Kier molecular flexibility index (Phi) is 4.27. The monoisotopic (exact) mass is 370 g/mol. The highest BCUT2D eigenvalue weighted by Gasteiger charge is 2.30. The third-order valence-electron chi connectivity index (χ3n) is 4.01. The summed E-state index contributed by atoms with van der Waals surface area (Å²) in [5.41, 5.74) is -0.569. The standard InChI is InChI=1S/C20H13F3N2O2/c21-20(22,23)15-8-3-7-14(11-15)19-24-18(25-27-19)12-26-17-10-4-6-13-5-1-2-9-16(13)17/h1-11H,12H2. The molecule has 0 radical (unpaired) electrons. The first-order chi connectivity index (χ1) is 13.0. The van der Waals surface area contributed by atoms with Gasteiger partial charge in [0.1, 0.15) is 5.75 Å². The smallest absolute Gasteiger partial charge is 0.416 e. The van der Waals surface area contributed by atoms with Crippen molar-refractivity contribution >= 4 is 10.8 Å². The molecular formula is C20H13F3N2O2. The zero-order valence-electron chi connectivity index (χ0n) is 13.9. The Morgan fingerprint density at radius 2 is 1.70 bits per heavy atom. The number of ether oxygens (including phenoxy) is 1. The highest BCUT2D eigenvalue weighted by Crippen LogP contribution is 2.32. The number of fused-ring (bicyclic) bond motifs is 1. The Balaban J connectivity index is 1.53. The van der Waals surface area contributed by atoms with Crippen LogP contribution in [-0.4, -0.2) is 10.1 Å². The van der Waals surface area contributed by atoms with Gasteiger partial charge in [-0.1, -0.05) is 47.6 Å². The molecule has 4 rings (SSSR count). The fourth-order valence-corrected chi connectivity index (χ4v) is 2.72. The highest BCUT2D eigenvalue weighted by molar-refractivity contribution is 5.88. The summed E-state index contributed by atoms with van der Waals surface area (Å²) in [5.74, 6) is 0.923. The van der Waals surface area contributed by atoms with E-state index in [9.17, 15) is 13.2 Å². The summed E-state index contributed by atoms with van der Waals surface area (Å²) in [4.78, 5) is 4.13. The molecule has 0 fully saturated rings. The molecule has 3 aromatic carbocycles. The topological polar surface area (TPSA) is 48.2 Å². The number of hydrogen-bond acceptors (Lipinski definition) is 4. The van der Waals surface area contributed by atoms with Gasteiger partial charge in [0.05, 0.1) is 5.56 Å². The van der Waals surface area contributed by atoms with E-state index in [0.717, 1.165) is 22.9 Å². The molecule has 0 aliphatic heterocycles. The van der Waals surface area contributed by atoms with Gasteiger partial charge in [0.2, 0.25) is 5.82 Å². The normalized spacial score (nSPS) is 11.7. The molecule has 0 amide bonds. The fraction of sp³-hybridized carbons (Fsp3) is 0.100. The van der Waals surface area contributed by atoms with Crippen molar-refractivity contribution in [3.8, 4) is 17.2 Å². The minimum atomic E-state index is -4.43. The first-order valence-electron chi connectivity index (χ1n) is 8.11. The Bertz CT molecular complexity index is 1080. The van der Waals surface area contributed by atoms with Crippen molar-refractivity contribution in [2.75, 3.05) is 0 Å². The maximum absolute atomic E-state index is 12.8. The summed E-state index contributed by atoms with van der Waals surface area (Å²) in [6, 6.07) is 18.2. The van der Waals surface area contributed by atoms with Crippen molar-refractivity contribution in [1.29, 1.82) is 0 Å². The molecule has 0 saturated carbocycles. The molecule has 1 aromatic heterocycles. The molecule has 0 aliphatic rings. The highest BCUT2D eigenvalue weighted by atomic mass is 19.4. The molecule has 136 valence electrons. The van der Waals surface area contributed by atoms with E-state index in [1.54, 1.807) is 0 Å². The van der Waals surface area contributed by atoms with Crippen LogP contribution in [0.4, 0.5) is 13.2 Å². The average molecular weight is 370 g/mol. The Hall–Kier alpha value is -3.35. The summed E-state index contributed by atoms with van der Waals surface area (Å²) >= 11 is 0. The van der Waals surface area contributed by atoms with E-state index < -0.39 is 11.7 Å². The van der Waals surface area contributed by atoms with Gasteiger partial charge in [-0.05, 0) is 29.7 Å². The predicted octanol–water partition coefficient (Wildman–Crippen LogP) is 5.49. The molecule has 0 aliphatic carbocycles. The van der Waals surface area contributed by atoms with Crippen LogP contribution in [0.25, 0.3) is 22.2 Å². The van der Waals surface area contributed by atoms with Crippen LogP contribution in [0.15, 0.2) is 71.3 Å². The van der Waals surface area contributed by atoms with Crippen LogP contribution >= 0.6 is 0 Å². The van der Waals surface area contributed by atoms with Crippen molar-refractivity contribution < 1.29 is 22.4 Å². The summed E-state index contributed by atoms with van der Waals surface area (Å²) < 4.78 is 49.4. The van der Waals surface area contributed by atoms with E-state index in [2.05, 4.69) is 10.1 Å². The van der Waals surface area contributed by atoms with Gasteiger partial charge in [0.15, 0.2) is 6.61 Å². The maximum atomic E-state index is 12.8. The second-order valence-electron chi connectivity index (χ2n) is 5.86. The number of hydrogen-bond donors (Lipinski definition) is 0. The van der Waals surface area contributed by atoms with E-state index in [1.807, 2.05) is 42.5 Å². The van der Waals surface area contributed by atoms with E-state index >= 15 is 0 Å². The molecule has 0 N–H and O–H groups in total. The van der Waals surface area contributed by atoms with Crippen LogP contribution in [0.2, 0.25) is 0 Å². The van der Waals surface area contributed by atoms with Gasteiger partial charge in [-0.15, -0.1) is 0 Å². The maximum Gasteiger partial charge on any atom is 0.416 e. The van der Waals surface area contributed by atoms with Crippen LogP contribution in [0.1, 0.15) is 11.4 Å². The van der Waals surface area contributed by atoms with Crippen molar-refractivity contribution in [2.45, 2.75) is 12.8 Å². The summed E-state index contributed by atoms with van der Waals surface area (Å²) in [6.45, 7) is 0.0382. The number of benzene rings is 3. The second kappa shape index (κ2) is 6.75. The number of nitrogens with zero attached hydrogens (tertiary/aromatic N) is 2. The van der Waals surface area contributed by atoms with Gasteiger partial charge >= 0.3 is 6.18 Å². The van der Waals surface area contributed by atoms with Crippen LogP contribution in [0, 0.1) is 0 Å². The molecule has 7 heteroatoms. The summed E-state index contributed by atoms with van der Waals surface area (Å²) in [5, 5.41) is 5.77. The zero-order chi connectivity index (χ0) is 18.9. The lowest BCUT2D eigenvalue weighted by Crippen LogP contribution is -2.04. The van der Waals surface area contributed by atoms with Gasteiger partial charge in [-0.25, -0.2) is 0 Å². The minimum absolute atomic E-state index is 0.0117. The first kappa shape index (κ1) is 17.1. The molecule has 0 unspecified atom stereocenters. The SMILES string of the molecule is FC(F)(F)c1cccc(-c2nc(COc3cccc4ccccc34)no2)c1. The lowest BCUT2D eigenvalue weighted by Gasteiger charge is -2.07. The molecule has 0 saturated heterocycles. The summed E-state index contributed by atoms with van der Waals surface area (Å²) in [7, 11) is 0. The van der Waals surface area contributed by atoms with Gasteiger partial charge < -0.3 is 9.26 Å². The molecule has 0 atom stereocenters. The van der Waals surface area contributed by atoms with Crippen molar-refractivity contribution in [3.63, 3.8) is 0 Å². The summed E-state index contributed by atoms with van der Waals surface area (Å²) in [6.07, 6.45) is -4.43. The third kappa shape index (κ3) is 3.62. The van der Waals surface area contributed by atoms with Gasteiger partial charge in [-0.2, -0.15) is 18.2 Å².